The molecular formula is C41H50N4O8. The summed E-state index contributed by atoms with van der Waals surface area (Å²) in [4.78, 5) is 38.4. The van der Waals surface area contributed by atoms with E-state index in [2.05, 4.69) is 38.3 Å². The Labute approximate surface area is 311 Å². The molecule has 5 rings (SSSR count). The van der Waals surface area contributed by atoms with Crippen molar-refractivity contribution in [2.75, 3.05) is 65.3 Å². The van der Waals surface area contributed by atoms with Crippen molar-refractivity contribution in [1.82, 2.24) is 4.90 Å². The van der Waals surface area contributed by atoms with Gasteiger partial charge in [0.25, 0.3) is 11.8 Å². The topological polar surface area (TPSA) is 151 Å². The van der Waals surface area contributed by atoms with Gasteiger partial charge in [0.2, 0.25) is 0 Å². The Balaban J connectivity index is 0.000000241. The first kappa shape index (κ1) is 40.0. The van der Waals surface area contributed by atoms with E-state index in [-0.39, 0.29) is 28.7 Å². The molecule has 1 heterocycles. The largest absolute Gasteiger partial charge is 0.493 e. The van der Waals surface area contributed by atoms with Crippen molar-refractivity contribution in [3.63, 3.8) is 0 Å². The predicted molar refractivity (Wildman–Crippen MR) is 206 cm³/mol. The maximum atomic E-state index is 12.6. The molecule has 282 valence electrons. The molecule has 0 atom stereocenters. The summed E-state index contributed by atoms with van der Waals surface area (Å²) in [5.74, 6) is 1.72. The average Bonchev–Trinajstić information content (AvgIpc) is 3.57. The maximum absolute atomic E-state index is 12.6. The van der Waals surface area contributed by atoms with E-state index in [9.17, 15) is 14.4 Å². The number of nitrogens with zero attached hydrogens (tertiary/aromatic N) is 1. The second-order valence-electron chi connectivity index (χ2n) is 13.7. The van der Waals surface area contributed by atoms with Crippen molar-refractivity contribution < 1.29 is 38.1 Å². The highest BCUT2D eigenvalue weighted by Gasteiger charge is 2.30. The lowest BCUT2D eigenvalue weighted by atomic mass is 9.84. The van der Waals surface area contributed by atoms with Crippen molar-refractivity contribution in [3.8, 4) is 23.0 Å². The standard InChI is InChI=1S/C22H26N2O5.C19H24N2O3/c1-22(2,14-24-11-12-29-21(24)26)16-6-8-17(9-7-16)23-20(25)15-5-10-18(27-3)19(13-15)28-4;1-19(2,12-20)14-6-8-15(9-7-14)21-18(22)13-5-10-16(23-3)17(11-13)24-4/h5-10,13H,11-12,14H2,1-4H3,(H,23,25);5-11H,12,20H2,1-4H3,(H,21,22). The molecule has 4 aromatic carbocycles. The van der Waals surface area contributed by atoms with Crippen LogP contribution in [0.1, 0.15) is 59.5 Å². The van der Waals surface area contributed by atoms with Crippen molar-refractivity contribution >= 4 is 29.3 Å². The number of hydrogen-bond acceptors (Lipinski definition) is 9. The van der Waals surface area contributed by atoms with Crippen molar-refractivity contribution in [2.24, 2.45) is 5.73 Å². The van der Waals surface area contributed by atoms with E-state index in [1.54, 1.807) is 55.5 Å². The van der Waals surface area contributed by atoms with E-state index < -0.39 is 0 Å². The Morgan fingerprint density at radius 3 is 1.43 bits per heavy atom. The van der Waals surface area contributed by atoms with Gasteiger partial charge in [0, 0.05) is 46.4 Å². The third kappa shape index (κ3) is 10.2. The summed E-state index contributed by atoms with van der Waals surface area (Å²) >= 11 is 0. The van der Waals surface area contributed by atoms with Crippen molar-refractivity contribution in [1.29, 1.82) is 0 Å². The Morgan fingerprint density at radius 1 is 0.660 bits per heavy atom. The van der Waals surface area contributed by atoms with Gasteiger partial charge in [-0.25, -0.2) is 4.79 Å². The number of rotatable bonds is 13. The molecule has 0 saturated carbocycles. The number of carbonyl (C=O) groups excluding carboxylic acids is 3. The number of nitrogens with two attached hydrogens (primary N) is 1. The number of hydrogen-bond donors (Lipinski definition) is 3. The summed E-state index contributed by atoms with van der Waals surface area (Å²) in [7, 11) is 6.18. The summed E-state index contributed by atoms with van der Waals surface area (Å²) in [6, 6.07) is 25.5. The van der Waals surface area contributed by atoms with Crippen LogP contribution < -0.4 is 35.3 Å². The van der Waals surface area contributed by atoms with E-state index in [0.717, 1.165) is 16.8 Å². The third-order valence-corrected chi connectivity index (χ3v) is 9.08. The van der Waals surface area contributed by atoms with Gasteiger partial charge in [0.1, 0.15) is 6.61 Å². The highest BCUT2D eigenvalue weighted by Crippen LogP contribution is 2.30. The van der Waals surface area contributed by atoms with E-state index in [0.29, 0.717) is 66.1 Å². The fraction of sp³-hybridized carbons (Fsp3) is 0.341. The van der Waals surface area contributed by atoms with Crippen LogP contribution in [-0.2, 0) is 15.6 Å². The second-order valence-corrected chi connectivity index (χ2v) is 13.7. The summed E-state index contributed by atoms with van der Waals surface area (Å²) in [5.41, 5.74) is 10.0. The zero-order valence-corrected chi connectivity index (χ0v) is 31.7. The lowest BCUT2D eigenvalue weighted by Gasteiger charge is -2.29. The molecule has 0 bridgehead atoms. The van der Waals surface area contributed by atoms with E-state index >= 15 is 0 Å². The Hall–Kier alpha value is -5.75. The lowest BCUT2D eigenvalue weighted by molar-refractivity contribution is 0.101. The quantitative estimate of drug-likeness (QED) is 0.134. The number of amides is 3. The smallest absolute Gasteiger partial charge is 0.409 e. The molecule has 0 spiro atoms. The number of methoxy groups -OCH3 is 4. The number of ether oxygens (including phenoxy) is 5. The van der Waals surface area contributed by atoms with Gasteiger partial charge in [-0.15, -0.1) is 0 Å². The number of benzene rings is 4. The van der Waals surface area contributed by atoms with Crippen LogP contribution in [0.25, 0.3) is 0 Å². The highest BCUT2D eigenvalue weighted by molar-refractivity contribution is 6.05. The number of nitrogens with one attached hydrogen (secondary N) is 2. The van der Waals surface area contributed by atoms with Gasteiger partial charge < -0.3 is 45.0 Å². The van der Waals surface area contributed by atoms with Gasteiger partial charge in [0.05, 0.1) is 35.0 Å². The van der Waals surface area contributed by atoms with Gasteiger partial charge in [-0.3, -0.25) is 9.59 Å². The maximum Gasteiger partial charge on any atom is 0.409 e. The van der Waals surface area contributed by atoms with Crippen LogP contribution in [0.4, 0.5) is 16.2 Å². The van der Waals surface area contributed by atoms with Crippen LogP contribution >= 0.6 is 0 Å². The second kappa shape index (κ2) is 17.6. The van der Waals surface area contributed by atoms with Gasteiger partial charge in [-0.1, -0.05) is 52.0 Å². The highest BCUT2D eigenvalue weighted by atomic mass is 16.6. The molecule has 0 unspecified atom stereocenters. The number of anilines is 2. The fourth-order valence-electron chi connectivity index (χ4n) is 5.63. The van der Waals surface area contributed by atoms with Crippen molar-refractivity contribution in [2.45, 2.75) is 38.5 Å². The Morgan fingerprint density at radius 2 is 1.08 bits per heavy atom. The molecule has 1 aliphatic rings. The molecule has 4 N–H and O–H groups in total. The minimum Gasteiger partial charge on any atom is -0.493 e. The number of cyclic esters (lactones) is 1. The summed E-state index contributed by atoms with van der Waals surface area (Å²) < 4.78 is 25.9. The molecule has 0 aromatic heterocycles. The molecule has 1 aliphatic heterocycles. The van der Waals surface area contributed by atoms with Gasteiger partial charge >= 0.3 is 6.09 Å². The third-order valence-electron chi connectivity index (χ3n) is 9.08. The first-order valence-corrected chi connectivity index (χ1v) is 17.1. The Bertz CT molecular complexity index is 1870. The summed E-state index contributed by atoms with van der Waals surface area (Å²) in [6.07, 6.45) is -0.267. The van der Waals surface area contributed by atoms with Gasteiger partial charge in [-0.05, 0) is 71.8 Å². The van der Waals surface area contributed by atoms with E-state index in [1.807, 2.05) is 48.5 Å². The average molecular weight is 727 g/mol. The summed E-state index contributed by atoms with van der Waals surface area (Å²) in [6.45, 7) is 10.5. The van der Waals surface area contributed by atoms with E-state index in [4.69, 9.17) is 29.4 Å². The van der Waals surface area contributed by atoms with Gasteiger partial charge in [-0.2, -0.15) is 0 Å². The minimum atomic E-state index is -0.267. The van der Waals surface area contributed by atoms with Crippen LogP contribution in [0.5, 0.6) is 23.0 Å². The first-order chi connectivity index (χ1) is 25.2. The zero-order chi connectivity index (χ0) is 38.8. The van der Waals surface area contributed by atoms with Crippen LogP contribution in [-0.4, -0.2) is 77.5 Å². The van der Waals surface area contributed by atoms with Crippen LogP contribution in [0.2, 0.25) is 0 Å². The van der Waals surface area contributed by atoms with Crippen LogP contribution in [0.3, 0.4) is 0 Å². The molecule has 0 radical (unpaired) electrons. The normalized spacial score (nSPS) is 12.5. The lowest BCUT2D eigenvalue weighted by Crippen LogP contribution is -2.37. The molecule has 3 amide bonds. The van der Waals surface area contributed by atoms with Crippen LogP contribution in [0.15, 0.2) is 84.9 Å². The predicted octanol–water partition coefficient (Wildman–Crippen LogP) is 6.88. The molecule has 0 aliphatic carbocycles. The van der Waals surface area contributed by atoms with Crippen LogP contribution in [0, 0.1) is 0 Å². The molecular weight excluding hydrogens is 676 g/mol. The SMILES string of the molecule is COc1ccc(C(=O)Nc2ccc(C(C)(C)CN)cc2)cc1OC.COc1ccc(C(=O)Nc2ccc(C(C)(C)CN3CCOC3=O)cc2)cc1OC. The molecule has 53 heavy (non-hydrogen) atoms. The number of carbonyl (C=O) groups is 3. The molecule has 12 nitrogen and oxygen atoms in total. The molecule has 4 aromatic rings. The van der Waals surface area contributed by atoms with Crippen molar-refractivity contribution in [3.05, 3.63) is 107 Å². The first-order valence-electron chi connectivity index (χ1n) is 17.1. The molecule has 1 saturated heterocycles. The molecule has 12 heteroatoms. The molecule has 1 fully saturated rings. The monoisotopic (exact) mass is 726 g/mol. The zero-order valence-electron chi connectivity index (χ0n) is 31.7. The van der Waals surface area contributed by atoms with Gasteiger partial charge in [0.15, 0.2) is 23.0 Å². The Kier molecular flexibility index (Phi) is 13.3. The minimum absolute atomic E-state index is 0.0914. The fourth-order valence-corrected chi connectivity index (χ4v) is 5.63. The van der Waals surface area contributed by atoms with E-state index in [1.165, 1.54) is 14.2 Å². The summed E-state index contributed by atoms with van der Waals surface area (Å²) in [5, 5.41) is 5.76.